The summed E-state index contributed by atoms with van der Waals surface area (Å²) in [6.07, 6.45) is 4.99. The van der Waals surface area contributed by atoms with E-state index in [4.69, 9.17) is 0 Å². The highest BCUT2D eigenvalue weighted by Crippen LogP contribution is 2.47. The van der Waals surface area contributed by atoms with Crippen LogP contribution < -0.4 is 10.6 Å². The molecule has 1 saturated heterocycles. The van der Waals surface area contributed by atoms with Crippen LogP contribution in [0.4, 0.5) is 0 Å². The van der Waals surface area contributed by atoms with E-state index in [9.17, 15) is 4.79 Å². The Bertz CT molecular complexity index is 201. The number of piperidine rings is 1. The molecule has 2 aliphatic rings. The minimum absolute atomic E-state index is 0.119. The highest BCUT2D eigenvalue weighted by Gasteiger charge is 2.44. The Balaban J connectivity index is 1.78. The molecule has 1 amide bonds. The number of hydrogen-bond acceptors (Lipinski definition) is 2. The van der Waals surface area contributed by atoms with E-state index in [-0.39, 0.29) is 5.91 Å². The molecule has 1 aliphatic carbocycles. The Kier molecular flexibility index (Phi) is 2.28. The van der Waals surface area contributed by atoms with E-state index in [0.29, 0.717) is 11.5 Å². The van der Waals surface area contributed by atoms with Crippen LogP contribution in [0.2, 0.25) is 0 Å². The van der Waals surface area contributed by atoms with Crippen molar-refractivity contribution in [3.63, 3.8) is 0 Å². The van der Waals surface area contributed by atoms with E-state index >= 15 is 0 Å². The monoisotopic (exact) mass is 182 g/mol. The molecular formula is C10H18N2O. The first-order valence-corrected chi connectivity index (χ1v) is 5.18. The molecule has 13 heavy (non-hydrogen) atoms. The average molecular weight is 182 g/mol. The molecule has 0 unspecified atom stereocenters. The van der Waals surface area contributed by atoms with Gasteiger partial charge < -0.3 is 10.6 Å². The van der Waals surface area contributed by atoms with Crippen molar-refractivity contribution in [2.75, 3.05) is 13.1 Å². The van der Waals surface area contributed by atoms with Crippen LogP contribution in [-0.2, 0) is 4.79 Å². The van der Waals surface area contributed by atoms with Crippen molar-refractivity contribution in [2.24, 2.45) is 5.41 Å². The van der Waals surface area contributed by atoms with E-state index in [2.05, 4.69) is 10.6 Å². The van der Waals surface area contributed by atoms with E-state index < -0.39 is 0 Å². The first-order chi connectivity index (χ1) is 6.20. The van der Waals surface area contributed by atoms with Crippen LogP contribution in [0, 0.1) is 5.41 Å². The fourth-order valence-corrected chi connectivity index (χ4v) is 2.74. The van der Waals surface area contributed by atoms with Gasteiger partial charge in [0.25, 0.3) is 0 Å². The maximum absolute atomic E-state index is 10.8. The van der Waals surface area contributed by atoms with Crippen LogP contribution in [0.3, 0.4) is 0 Å². The minimum atomic E-state index is 0.119. The fourth-order valence-electron chi connectivity index (χ4n) is 2.74. The smallest absolute Gasteiger partial charge is 0.217 e. The number of carbonyl (C=O) groups is 1. The molecule has 0 aromatic rings. The van der Waals surface area contributed by atoms with Crippen LogP contribution in [0.1, 0.15) is 32.6 Å². The van der Waals surface area contributed by atoms with Crippen molar-refractivity contribution >= 4 is 5.91 Å². The fraction of sp³-hybridized carbons (Fsp3) is 0.900. The zero-order chi connectivity index (χ0) is 9.31. The molecule has 1 heterocycles. The van der Waals surface area contributed by atoms with Crippen LogP contribution in [0.15, 0.2) is 0 Å². The Hall–Kier alpha value is -0.570. The van der Waals surface area contributed by atoms with Gasteiger partial charge in [0.2, 0.25) is 5.91 Å². The molecule has 2 rings (SSSR count). The maximum Gasteiger partial charge on any atom is 0.217 e. The van der Waals surface area contributed by atoms with Gasteiger partial charge in [-0.25, -0.2) is 0 Å². The topological polar surface area (TPSA) is 41.1 Å². The number of nitrogens with one attached hydrogen (secondary N) is 2. The third-order valence-corrected chi connectivity index (χ3v) is 3.43. The van der Waals surface area contributed by atoms with Crippen molar-refractivity contribution in [2.45, 2.75) is 38.6 Å². The number of carbonyl (C=O) groups excluding carboxylic acids is 1. The highest BCUT2D eigenvalue weighted by atomic mass is 16.1. The summed E-state index contributed by atoms with van der Waals surface area (Å²) in [6.45, 7) is 3.92. The largest absolute Gasteiger partial charge is 0.354 e. The zero-order valence-electron chi connectivity index (χ0n) is 8.23. The van der Waals surface area contributed by atoms with Gasteiger partial charge in [-0.1, -0.05) is 0 Å². The van der Waals surface area contributed by atoms with Crippen LogP contribution in [0.5, 0.6) is 0 Å². The second-order valence-corrected chi connectivity index (χ2v) is 4.56. The average Bonchev–Trinajstić information content (AvgIpc) is 2.02. The zero-order valence-corrected chi connectivity index (χ0v) is 8.23. The molecule has 3 heteroatoms. The van der Waals surface area contributed by atoms with E-state index in [1.807, 2.05) is 0 Å². The predicted octanol–water partition coefficient (Wildman–Crippen LogP) is 0.655. The van der Waals surface area contributed by atoms with Crippen molar-refractivity contribution in [1.82, 2.24) is 10.6 Å². The van der Waals surface area contributed by atoms with Crippen LogP contribution in [-0.4, -0.2) is 25.0 Å². The number of rotatable bonds is 1. The maximum atomic E-state index is 10.8. The molecule has 0 bridgehead atoms. The summed E-state index contributed by atoms with van der Waals surface area (Å²) in [7, 11) is 0. The lowest BCUT2D eigenvalue weighted by Gasteiger charge is -2.50. The van der Waals surface area contributed by atoms with E-state index in [1.165, 1.54) is 25.7 Å². The Labute approximate surface area is 79.3 Å². The third-order valence-electron chi connectivity index (χ3n) is 3.43. The Morgan fingerprint density at radius 1 is 1.38 bits per heavy atom. The van der Waals surface area contributed by atoms with Gasteiger partial charge in [-0.3, -0.25) is 4.79 Å². The summed E-state index contributed by atoms with van der Waals surface area (Å²) in [5.74, 6) is 0.119. The lowest BCUT2D eigenvalue weighted by Crippen LogP contribution is -2.53. The minimum Gasteiger partial charge on any atom is -0.354 e. The quantitative estimate of drug-likeness (QED) is 0.625. The summed E-state index contributed by atoms with van der Waals surface area (Å²) in [5.41, 5.74) is 0.582. The van der Waals surface area contributed by atoms with Gasteiger partial charge in [-0.2, -0.15) is 0 Å². The molecule has 2 fully saturated rings. The van der Waals surface area contributed by atoms with Gasteiger partial charge in [0.05, 0.1) is 0 Å². The first-order valence-electron chi connectivity index (χ1n) is 5.18. The normalized spacial score (nSPS) is 26.8. The molecule has 1 spiro atoms. The molecule has 1 aliphatic heterocycles. The Morgan fingerprint density at radius 3 is 2.54 bits per heavy atom. The molecule has 0 atom stereocenters. The van der Waals surface area contributed by atoms with E-state index in [0.717, 1.165) is 13.1 Å². The summed E-state index contributed by atoms with van der Waals surface area (Å²) in [6, 6.07) is 0.468. The van der Waals surface area contributed by atoms with Gasteiger partial charge in [0.1, 0.15) is 0 Å². The van der Waals surface area contributed by atoms with Gasteiger partial charge in [-0.15, -0.1) is 0 Å². The SMILES string of the molecule is CC(=O)NC1CC2(CCNCC2)C1. The molecular weight excluding hydrogens is 164 g/mol. The number of hydrogen-bond donors (Lipinski definition) is 2. The second kappa shape index (κ2) is 3.29. The molecule has 0 radical (unpaired) electrons. The second-order valence-electron chi connectivity index (χ2n) is 4.56. The van der Waals surface area contributed by atoms with Crippen molar-refractivity contribution in [1.29, 1.82) is 0 Å². The van der Waals surface area contributed by atoms with Gasteiger partial charge in [-0.05, 0) is 44.2 Å². The van der Waals surface area contributed by atoms with Crippen molar-refractivity contribution in [3.05, 3.63) is 0 Å². The van der Waals surface area contributed by atoms with Gasteiger partial charge in [0, 0.05) is 13.0 Å². The molecule has 3 nitrogen and oxygen atoms in total. The summed E-state index contributed by atoms with van der Waals surface area (Å²) >= 11 is 0. The van der Waals surface area contributed by atoms with Crippen molar-refractivity contribution < 1.29 is 4.79 Å². The predicted molar refractivity (Wildman–Crippen MR) is 51.4 cm³/mol. The molecule has 0 aromatic heterocycles. The number of amides is 1. The van der Waals surface area contributed by atoms with Crippen LogP contribution >= 0.6 is 0 Å². The lowest BCUT2D eigenvalue weighted by atomic mass is 9.60. The first kappa shape index (κ1) is 9.00. The Morgan fingerprint density at radius 2 is 2.00 bits per heavy atom. The lowest BCUT2D eigenvalue weighted by molar-refractivity contribution is -0.121. The molecule has 0 aromatic carbocycles. The highest BCUT2D eigenvalue weighted by molar-refractivity contribution is 5.73. The third kappa shape index (κ3) is 1.85. The molecule has 1 saturated carbocycles. The van der Waals surface area contributed by atoms with Crippen LogP contribution in [0.25, 0.3) is 0 Å². The van der Waals surface area contributed by atoms with Gasteiger partial charge >= 0.3 is 0 Å². The van der Waals surface area contributed by atoms with E-state index in [1.54, 1.807) is 6.92 Å². The van der Waals surface area contributed by atoms with Gasteiger partial charge in [0.15, 0.2) is 0 Å². The standard InChI is InChI=1S/C10H18N2O/c1-8(13)12-9-6-10(7-9)2-4-11-5-3-10/h9,11H,2-7H2,1H3,(H,12,13). The van der Waals surface area contributed by atoms with Crippen molar-refractivity contribution in [3.8, 4) is 0 Å². The molecule has 2 N–H and O–H groups in total. The summed E-state index contributed by atoms with van der Waals surface area (Å²) in [4.78, 5) is 10.8. The summed E-state index contributed by atoms with van der Waals surface area (Å²) < 4.78 is 0. The molecule has 74 valence electrons. The summed E-state index contributed by atoms with van der Waals surface area (Å²) in [5, 5.41) is 6.37.